The molecule has 2 N–H and O–H groups in total. The van der Waals surface area contributed by atoms with Crippen LogP contribution in [0.5, 0.6) is 11.5 Å². The molecule has 0 spiro atoms. The second-order valence-electron chi connectivity index (χ2n) is 4.13. The third-order valence-corrected chi connectivity index (χ3v) is 2.71. The highest BCUT2D eigenvalue weighted by molar-refractivity contribution is 5.93. The fourth-order valence-corrected chi connectivity index (χ4v) is 1.74. The zero-order chi connectivity index (χ0) is 15.1. The smallest absolute Gasteiger partial charge is 0.287 e. The van der Waals surface area contributed by atoms with Gasteiger partial charge >= 0.3 is 0 Å². The van der Waals surface area contributed by atoms with Crippen LogP contribution >= 0.6 is 0 Å². The molecule has 0 fully saturated rings. The Morgan fingerprint density at radius 3 is 2.90 bits per heavy atom. The summed E-state index contributed by atoms with van der Waals surface area (Å²) < 4.78 is 10.7. The SMILES string of the molecule is CCOc1cc(/C=N\NC(=O)c2ccc[nH]2)ccc1OC. The Balaban J connectivity index is 2.03. The highest BCUT2D eigenvalue weighted by atomic mass is 16.5. The summed E-state index contributed by atoms with van der Waals surface area (Å²) in [6.45, 7) is 2.44. The number of aromatic nitrogens is 1. The van der Waals surface area contributed by atoms with Crippen molar-refractivity contribution in [2.75, 3.05) is 13.7 Å². The number of nitrogens with one attached hydrogen (secondary N) is 2. The first-order chi connectivity index (χ1) is 10.2. The number of hydrogen-bond donors (Lipinski definition) is 2. The van der Waals surface area contributed by atoms with E-state index in [1.807, 2.05) is 13.0 Å². The van der Waals surface area contributed by atoms with Crippen LogP contribution in [-0.2, 0) is 0 Å². The molecule has 0 radical (unpaired) electrons. The minimum Gasteiger partial charge on any atom is -0.493 e. The van der Waals surface area contributed by atoms with Gasteiger partial charge in [-0.2, -0.15) is 5.10 Å². The highest BCUT2D eigenvalue weighted by Crippen LogP contribution is 2.27. The number of benzene rings is 1. The molecule has 0 atom stereocenters. The summed E-state index contributed by atoms with van der Waals surface area (Å²) in [5.41, 5.74) is 3.69. The minimum atomic E-state index is -0.296. The topological polar surface area (TPSA) is 75.7 Å². The Kier molecular flexibility index (Phi) is 4.98. The van der Waals surface area contributed by atoms with E-state index in [2.05, 4.69) is 15.5 Å². The van der Waals surface area contributed by atoms with E-state index in [1.165, 1.54) is 0 Å². The van der Waals surface area contributed by atoms with Crippen molar-refractivity contribution in [3.05, 3.63) is 47.8 Å². The standard InChI is InChI=1S/C15H17N3O3/c1-3-21-14-9-11(6-7-13(14)20-2)10-17-18-15(19)12-5-4-8-16-12/h4-10,16H,3H2,1-2H3,(H,18,19)/b17-10-. The van der Waals surface area contributed by atoms with Gasteiger partial charge in [0.1, 0.15) is 5.69 Å². The van der Waals surface area contributed by atoms with E-state index in [-0.39, 0.29) is 5.91 Å². The van der Waals surface area contributed by atoms with E-state index in [4.69, 9.17) is 9.47 Å². The van der Waals surface area contributed by atoms with Crippen LogP contribution in [0.25, 0.3) is 0 Å². The van der Waals surface area contributed by atoms with Crippen LogP contribution in [0.4, 0.5) is 0 Å². The van der Waals surface area contributed by atoms with Crippen LogP contribution in [0.1, 0.15) is 23.0 Å². The largest absolute Gasteiger partial charge is 0.493 e. The van der Waals surface area contributed by atoms with Crippen molar-refractivity contribution in [2.45, 2.75) is 6.92 Å². The van der Waals surface area contributed by atoms with E-state index in [0.29, 0.717) is 23.8 Å². The predicted molar refractivity (Wildman–Crippen MR) is 80.0 cm³/mol. The molecule has 0 aliphatic carbocycles. The first kappa shape index (κ1) is 14.6. The lowest BCUT2D eigenvalue weighted by Gasteiger charge is -2.09. The van der Waals surface area contributed by atoms with Gasteiger partial charge in [-0.1, -0.05) is 0 Å². The Hall–Kier alpha value is -2.76. The second kappa shape index (κ2) is 7.14. The average molecular weight is 287 g/mol. The first-order valence-corrected chi connectivity index (χ1v) is 6.52. The molecule has 1 aromatic heterocycles. The number of carbonyl (C=O) groups is 1. The van der Waals surface area contributed by atoms with Crippen LogP contribution in [0.2, 0.25) is 0 Å². The molecule has 2 rings (SSSR count). The van der Waals surface area contributed by atoms with Crippen molar-refractivity contribution < 1.29 is 14.3 Å². The summed E-state index contributed by atoms with van der Waals surface area (Å²) in [6.07, 6.45) is 3.22. The normalized spacial score (nSPS) is 10.6. The minimum absolute atomic E-state index is 0.296. The lowest BCUT2D eigenvalue weighted by atomic mass is 10.2. The first-order valence-electron chi connectivity index (χ1n) is 6.52. The molecule has 0 aliphatic heterocycles. The van der Waals surface area contributed by atoms with Gasteiger partial charge in [-0.25, -0.2) is 5.43 Å². The van der Waals surface area contributed by atoms with Gasteiger partial charge in [-0.15, -0.1) is 0 Å². The number of aromatic amines is 1. The molecule has 0 saturated carbocycles. The maximum Gasteiger partial charge on any atom is 0.287 e. The molecule has 0 bridgehead atoms. The van der Waals surface area contributed by atoms with Crippen molar-refractivity contribution in [1.29, 1.82) is 0 Å². The van der Waals surface area contributed by atoms with Gasteiger partial charge in [0.05, 0.1) is 19.9 Å². The van der Waals surface area contributed by atoms with Gasteiger partial charge in [0, 0.05) is 6.20 Å². The summed E-state index contributed by atoms with van der Waals surface area (Å²) in [5.74, 6) is 0.999. The third-order valence-electron chi connectivity index (χ3n) is 2.71. The molecular formula is C15H17N3O3. The van der Waals surface area contributed by atoms with Gasteiger partial charge in [0.2, 0.25) is 0 Å². The Morgan fingerprint density at radius 1 is 1.38 bits per heavy atom. The molecule has 2 aromatic rings. The van der Waals surface area contributed by atoms with Gasteiger partial charge in [-0.05, 0) is 42.8 Å². The molecule has 6 heteroatoms. The highest BCUT2D eigenvalue weighted by Gasteiger charge is 2.05. The molecule has 1 amide bonds. The molecule has 0 unspecified atom stereocenters. The van der Waals surface area contributed by atoms with Crippen LogP contribution in [-0.4, -0.2) is 30.8 Å². The number of H-pyrrole nitrogens is 1. The summed E-state index contributed by atoms with van der Waals surface area (Å²) in [6, 6.07) is 8.83. The van der Waals surface area contributed by atoms with Crippen LogP contribution in [0, 0.1) is 0 Å². The zero-order valence-corrected chi connectivity index (χ0v) is 11.9. The molecule has 1 heterocycles. The number of amides is 1. The lowest BCUT2D eigenvalue weighted by Crippen LogP contribution is -2.17. The molecular weight excluding hydrogens is 270 g/mol. The number of carbonyl (C=O) groups excluding carboxylic acids is 1. The quantitative estimate of drug-likeness (QED) is 0.631. The van der Waals surface area contributed by atoms with Gasteiger partial charge in [-0.3, -0.25) is 4.79 Å². The summed E-state index contributed by atoms with van der Waals surface area (Å²) in [4.78, 5) is 14.5. The molecule has 110 valence electrons. The maximum absolute atomic E-state index is 11.7. The predicted octanol–water partition coefficient (Wildman–Crippen LogP) is 2.19. The number of ether oxygens (including phenoxy) is 2. The molecule has 0 aliphatic rings. The van der Waals surface area contributed by atoms with Crippen molar-refractivity contribution in [1.82, 2.24) is 10.4 Å². The van der Waals surface area contributed by atoms with E-state index in [9.17, 15) is 4.79 Å². The lowest BCUT2D eigenvalue weighted by molar-refractivity contribution is 0.0951. The zero-order valence-electron chi connectivity index (χ0n) is 11.9. The fourth-order valence-electron chi connectivity index (χ4n) is 1.74. The van der Waals surface area contributed by atoms with E-state index >= 15 is 0 Å². The maximum atomic E-state index is 11.7. The number of rotatable bonds is 6. The fraction of sp³-hybridized carbons (Fsp3) is 0.200. The van der Waals surface area contributed by atoms with Crippen LogP contribution in [0.3, 0.4) is 0 Å². The van der Waals surface area contributed by atoms with Crippen molar-refractivity contribution in [2.24, 2.45) is 5.10 Å². The Labute approximate surface area is 122 Å². The van der Waals surface area contributed by atoms with Crippen molar-refractivity contribution >= 4 is 12.1 Å². The number of methoxy groups -OCH3 is 1. The average Bonchev–Trinajstić information content (AvgIpc) is 3.02. The van der Waals surface area contributed by atoms with E-state index in [0.717, 1.165) is 5.56 Å². The third kappa shape index (κ3) is 3.85. The monoisotopic (exact) mass is 287 g/mol. The molecule has 1 aromatic carbocycles. The van der Waals surface area contributed by atoms with Crippen molar-refractivity contribution in [3.63, 3.8) is 0 Å². The summed E-state index contributed by atoms with van der Waals surface area (Å²) >= 11 is 0. The number of hydrogen-bond acceptors (Lipinski definition) is 4. The second-order valence-corrected chi connectivity index (χ2v) is 4.13. The molecule has 6 nitrogen and oxygen atoms in total. The van der Waals surface area contributed by atoms with Crippen LogP contribution < -0.4 is 14.9 Å². The van der Waals surface area contributed by atoms with Crippen molar-refractivity contribution in [3.8, 4) is 11.5 Å². The number of hydrazone groups is 1. The summed E-state index contributed by atoms with van der Waals surface area (Å²) in [5, 5.41) is 3.91. The number of nitrogens with zero attached hydrogens (tertiary/aromatic N) is 1. The van der Waals surface area contributed by atoms with Gasteiger partial charge in [0.25, 0.3) is 5.91 Å². The Bertz CT molecular complexity index is 621. The molecule has 0 saturated heterocycles. The van der Waals surface area contributed by atoms with E-state index in [1.54, 1.807) is 43.8 Å². The molecule has 21 heavy (non-hydrogen) atoms. The summed E-state index contributed by atoms with van der Waals surface area (Å²) in [7, 11) is 1.59. The van der Waals surface area contributed by atoms with Gasteiger partial charge < -0.3 is 14.5 Å². The van der Waals surface area contributed by atoms with Gasteiger partial charge in [0.15, 0.2) is 11.5 Å². The van der Waals surface area contributed by atoms with Crippen LogP contribution in [0.15, 0.2) is 41.6 Å². The van der Waals surface area contributed by atoms with E-state index < -0.39 is 0 Å². The Morgan fingerprint density at radius 2 is 2.24 bits per heavy atom.